The molecule has 0 spiro atoms. The maximum absolute atomic E-state index is 5.27. The van der Waals surface area contributed by atoms with Crippen molar-refractivity contribution in [3.8, 4) is 0 Å². The Hall–Kier alpha value is -1.64. The van der Waals surface area contributed by atoms with Gasteiger partial charge in [-0.05, 0) is 26.3 Å². The molecule has 0 saturated carbocycles. The Morgan fingerprint density at radius 2 is 2.07 bits per heavy atom. The zero-order valence-electron chi connectivity index (χ0n) is 9.19. The minimum atomic E-state index is -0.234. The van der Waals surface area contributed by atoms with Crippen molar-refractivity contribution in [1.82, 2.24) is 10.2 Å². The van der Waals surface area contributed by atoms with Gasteiger partial charge in [0, 0.05) is 0 Å². The topological polar surface area (TPSA) is 38.9 Å². The number of aryl methyl sites for hydroxylation is 1. The third-order valence-corrected chi connectivity index (χ3v) is 2.63. The quantitative estimate of drug-likeness (QED) is 0.751. The lowest BCUT2D eigenvalue weighted by Gasteiger charge is -2.20. The molecule has 1 heterocycles. The summed E-state index contributed by atoms with van der Waals surface area (Å²) in [5.74, 6) is 0.646. The van der Waals surface area contributed by atoms with E-state index >= 15 is 0 Å². The largest absolute Gasteiger partial charge is 0.427 e. The van der Waals surface area contributed by atoms with Crippen LogP contribution in [0, 0.1) is 6.92 Å². The predicted molar refractivity (Wildman–Crippen MR) is 57.6 cm³/mol. The van der Waals surface area contributed by atoms with Crippen LogP contribution in [0.1, 0.15) is 30.9 Å². The van der Waals surface area contributed by atoms with Crippen molar-refractivity contribution in [3.63, 3.8) is 0 Å². The molecule has 3 nitrogen and oxygen atoms in total. The summed E-state index contributed by atoms with van der Waals surface area (Å²) in [5.41, 5.74) is 2.19. The Morgan fingerprint density at radius 1 is 1.27 bits per heavy atom. The van der Waals surface area contributed by atoms with Gasteiger partial charge in [0.05, 0.1) is 5.41 Å². The number of hydrogen-bond donors (Lipinski definition) is 0. The molecule has 0 N–H and O–H groups in total. The van der Waals surface area contributed by atoms with Crippen LogP contribution in [0.4, 0.5) is 0 Å². The average Bonchev–Trinajstić information content (AvgIpc) is 2.71. The van der Waals surface area contributed by atoms with Gasteiger partial charge in [-0.3, -0.25) is 0 Å². The number of hydrogen-bond acceptors (Lipinski definition) is 3. The molecule has 0 radical (unpaired) electrons. The summed E-state index contributed by atoms with van der Waals surface area (Å²) >= 11 is 0. The first kappa shape index (κ1) is 9.90. The third-order valence-electron chi connectivity index (χ3n) is 2.63. The summed E-state index contributed by atoms with van der Waals surface area (Å²) in [6.07, 6.45) is 1.37. The molecule has 15 heavy (non-hydrogen) atoms. The van der Waals surface area contributed by atoms with Gasteiger partial charge in [-0.15, -0.1) is 10.2 Å². The zero-order valence-corrected chi connectivity index (χ0v) is 9.19. The van der Waals surface area contributed by atoms with Crippen LogP contribution in [0.3, 0.4) is 0 Å². The second-order valence-electron chi connectivity index (χ2n) is 4.24. The molecule has 1 aromatic carbocycles. The fraction of sp³-hybridized carbons (Fsp3) is 0.333. The average molecular weight is 202 g/mol. The van der Waals surface area contributed by atoms with E-state index in [1.807, 2.05) is 6.07 Å². The van der Waals surface area contributed by atoms with Crippen molar-refractivity contribution in [1.29, 1.82) is 0 Å². The number of benzene rings is 1. The molecule has 2 aromatic rings. The minimum absolute atomic E-state index is 0.234. The Labute approximate surface area is 89.2 Å². The molecule has 2 rings (SSSR count). The van der Waals surface area contributed by atoms with E-state index in [9.17, 15) is 0 Å². The Balaban J connectivity index is 2.46. The molecule has 0 aliphatic heterocycles. The summed E-state index contributed by atoms with van der Waals surface area (Å²) in [4.78, 5) is 0. The Morgan fingerprint density at radius 3 is 2.67 bits per heavy atom. The Bertz CT molecular complexity index is 446. The van der Waals surface area contributed by atoms with Crippen molar-refractivity contribution in [3.05, 3.63) is 47.7 Å². The highest BCUT2D eigenvalue weighted by Crippen LogP contribution is 2.29. The van der Waals surface area contributed by atoms with Crippen molar-refractivity contribution in [2.75, 3.05) is 0 Å². The number of rotatable bonds is 2. The monoisotopic (exact) mass is 202 g/mol. The highest BCUT2D eigenvalue weighted by molar-refractivity contribution is 5.32. The normalized spacial score (nSPS) is 11.7. The molecule has 0 saturated heterocycles. The van der Waals surface area contributed by atoms with Crippen LogP contribution < -0.4 is 0 Å². The minimum Gasteiger partial charge on any atom is -0.427 e. The van der Waals surface area contributed by atoms with Crippen molar-refractivity contribution >= 4 is 0 Å². The summed E-state index contributed by atoms with van der Waals surface area (Å²) in [6.45, 7) is 6.23. The lowest BCUT2D eigenvalue weighted by molar-refractivity contribution is 0.412. The molecule has 1 aromatic heterocycles. The van der Waals surface area contributed by atoms with Crippen molar-refractivity contribution in [2.24, 2.45) is 0 Å². The van der Waals surface area contributed by atoms with Gasteiger partial charge in [-0.2, -0.15) is 0 Å². The fourth-order valence-corrected chi connectivity index (χ4v) is 1.60. The van der Waals surface area contributed by atoms with Crippen LogP contribution in [0.25, 0.3) is 0 Å². The smallest absolute Gasteiger partial charge is 0.226 e. The van der Waals surface area contributed by atoms with Gasteiger partial charge >= 0.3 is 0 Å². The fourth-order valence-electron chi connectivity index (χ4n) is 1.60. The van der Waals surface area contributed by atoms with Crippen LogP contribution >= 0.6 is 0 Å². The van der Waals surface area contributed by atoms with Gasteiger partial charge < -0.3 is 4.42 Å². The number of aromatic nitrogens is 2. The summed E-state index contributed by atoms with van der Waals surface area (Å²) < 4.78 is 5.27. The maximum Gasteiger partial charge on any atom is 0.226 e. The SMILES string of the molecule is Cc1cccc(C(C)(C)c2nnco2)c1. The zero-order chi connectivity index (χ0) is 10.9. The molecule has 0 bridgehead atoms. The van der Waals surface area contributed by atoms with E-state index in [4.69, 9.17) is 4.42 Å². The first-order valence-corrected chi connectivity index (χ1v) is 4.94. The first-order valence-electron chi connectivity index (χ1n) is 4.94. The van der Waals surface area contributed by atoms with Gasteiger partial charge in [0.2, 0.25) is 12.3 Å². The van der Waals surface area contributed by atoms with E-state index in [-0.39, 0.29) is 5.41 Å². The first-order chi connectivity index (χ1) is 7.10. The molecule has 0 aliphatic carbocycles. The molecule has 0 unspecified atom stereocenters. The molecular weight excluding hydrogens is 188 g/mol. The van der Waals surface area contributed by atoms with E-state index in [1.165, 1.54) is 17.5 Å². The predicted octanol–water partition coefficient (Wildman–Crippen LogP) is 2.70. The van der Waals surface area contributed by atoms with E-state index < -0.39 is 0 Å². The number of nitrogens with zero attached hydrogens (tertiary/aromatic N) is 2. The van der Waals surface area contributed by atoms with Crippen LogP contribution in [0.2, 0.25) is 0 Å². The Kier molecular flexibility index (Phi) is 2.31. The van der Waals surface area contributed by atoms with Gasteiger partial charge in [0.15, 0.2) is 0 Å². The lowest BCUT2D eigenvalue weighted by atomic mass is 9.84. The molecule has 78 valence electrons. The van der Waals surface area contributed by atoms with Crippen LogP contribution in [-0.4, -0.2) is 10.2 Å². The summed E-state index contributed by atoms with van der Waals surface area (Å²) in [5, 5.41) is 7.70. The highest BCUT2D eigenvalue weighted by Gasteiger charge is 2.28. The molecule has 0 atom stereocenters. The highest BCUT2D eigenvalue weighted by atomic mass is 16.4. The van der Waals surface area contributed by atoms with Gasteiger partial charge in [-0.25, -0.2) is 0 Å². The van der Waals surface area contributed by atoms with E-state index in [1.54, 1.807) is 0 Å². The van der Waals surface area contributed by atoms with E-state index in [0.29, 0.717) is 5.89 Å². The standard InChI is InChI=1S/C12H14N2O/c1-9-5-4-6-10(7-9)12(2,3)11-14-13-8-15-11/h4-8H,1-3H3. The lowest BCUT2D eigenvalue weighted by Crippen LogP contribution is -2.19. The van der Waals surface area contributed by atoms with Crippen LogP contribution in [-0.2, 0) is 5.41 Å². The third kappa shape index (κ3) is 1.77. The molecular formula is C12H14N2O. The molecule has 0 amide bonds. The van der Waals surface area contributed by atoms with Gasteiger partial charge in [0.1, 0.15) is 0 Å². The summed E-state index contributed by atoms with van der Waals surface area (Å²) in [7, 11) is 0. The molecule has 0 fully saturated rings. The van der Waals surface area contributed by atoms with Crippen LogP contribution in [0.5, 0.6) is 0 Å². The van der Waals surface area contributed by atoms with Crippen molar-refractivity contribution < 1.29 is 4.42 Å². The van der Waals surface area contributed by atoms with E-state index in [2.05, 4.69) is 49.2 Å². The summed E-state index contributed by atoms with van der Waals surface area (Å²) in [6, 6.07) is 8.34. The second kappa shape index (κ2) is 3.50. The van der Waals surface area contributed by atoms with E-state index in [0.717, 1.165) is 0 Å². The van der Waals surface area contributed by atoms with Gasteiger partial charge in [0.25, 0.3) is 0 Å². The van der Waals surface area contributed by atoms with Crippen molar-refractivity contribution in [2.45, 2.75) is 26.2 Å². The van der Waals surface area contributed by atoms with Gasteiger partial charge in [-0.1, -0.05) is 29.8 Å². The maximum atomic E-state index is 5.27. The molecule has 3 heteroatoms. The second-order valence-corrected chi connectivity index (χ2v) is 4.24. The van der Waals surface area contributed by atoms with Crippen LogP contribution in [0.15, 0.2) is 35.1 Å². The molecule has 0 aliphatic rings.